The fourth-order valence-electron chi connectivity index (χ4n) is 1.50. The maximum atomic E-state index is 5.76. The lowest BCUT2D eigenvalue weighted by atomic mass is 10.3. The van der Waals surface area contributed by atoms with Crippen LogP contribution in [0.2, 0.25) is 0 Å². The summed E-state index contributed by atoms with van der Waals surface area (Å²) in [5.74, 6) is 1.72. The Kier molecular flexibility index (Phi) is 10.3. The summed E-state index contributed by atoms with van der Waals surface area (Å²) < 4.78 is 5.76. The van der Waals surface area contributed by atoms with Gasteiger partial charge in [0, 0.05) is 13.1 Å². The summed E-state index contributed by atoms with van der Waals surface area (Å²) in [5.41, 5.74) is 0. The highest BCUT2D eigenvalue weighted by Gasteiger charge is 2.03. The second kappa shape index (κ2) is 10.9. The molecule has 0 amide bonds. The van der Waals surface area contributed by atoms with E-state index in [0.717, 1.165) is 24.8 Å². The van der Waals surface area contributed by atoms with Crippen LogP contribution in [0.5, 0.6) is 5.75 Å². The van der Waals surface area contributed by atoms with Crippen molar-refractivity contribution in [1.82, 2.24) is 10.6 Å². The van der Waals surface area contributed by atoms with Gasteiger partial charge < -0.3 is 15.4 Å². The third-order valence-corrected chi connectivity index (χ3v) is 2.28. The van der Waals surface area contributed by atoms with E-state index >= 15 is 0 Å². The molecule has 0 aliphatic carbocycles. The predicted octanol–water partition coefficient (Wildman–Crippen LogP) is 2.65. The lowest BCUT2D eigenvalue weighted by Crippen LogP contribution is -2.37. The molecule has 0 saturated heterocycles. The second-order valence-electron chi connectivity index (χ2n) is 3.99. The zero-order chi connectivity index (χ0) is 13.2. The van der Waals surface area contributed by atoms with Crippen molar-refractivity contribution in [2.24, 2.45) is 4.99 Å². The SMILES string of the molecule is CCNC(=NCC(C)Oc1ccccc1)NCC.I. The summed E-state index contributed by atoms with van der Waals surface area (Å²) in [6.07, 6.45) is 0.0553. The number of ether oxygens (including phenoxy) is 1. The molecule has 0 aliphatic rings. The first-order chi connectivity index (χ1) is 8.76. The largest absolute Gasteiger partial charge is 0.489 e. The molecule has 1 unspecified atom stereocenters. The Labute approximate surface area is 133 Å². The van der Waals surface area contributed by atoms with E-state index in [1.807, 2.05) is 37.3 Å². The van der Waals surface area contributed by atoms with E-state index in [0.29, 0.717) is 6.54 Å². The van der Waals surface area contributed by atoms with Crippen molar-refractivity contribution in [3.63, 3.8) is 0 Å². The van der Waals surface area contributed by atoms with Crippen molar-refractivity contribution in [3.8, 4) is 5.75 Å². The average molecular weight is 377 g/mol. The van der Waals surface area contributed by atoms with Crippen LogP contribution in [0.4, 0.5) is 0 Å². The fourth-order valence-corrected chi connectivity index (χ4v) is 1.50. The van der Waals surface area contributed by atoms with Crippen molar-refractivity contribution in [2.75, 3.05) is 19.6 Å². The van der Waals surface area contributed by atoms with Gasteiger partial charge in [-0.3, -0.25) is 0 Å². The van der Waals surface area contributed by atoms with Crippen molar-refractivity contribution in [3.05, 3.63) is 30.3 Å². The number of para-hydroxylation sites is 1. The van der Waals surface area contributed by atoms with Gasteiger partial charge in [-0.25, -0.2) is 4.99 Å². The van der Waals surface area contributed by atoms with E-state index in [1.54, 1.807) is 0 Å². The summed E-state index contributed by atoms with van der Waals surface area (Å²) in [6, 6.07) is 9.82. The molecular formula is C14H24IN3O. The standard InChI is InChI=1S/C14H23N3O.HI/c1-4-15-14(16-5-2)17-11-12(3)18-13-9-7-6-8-10-13;/h6-10,12H,4-5,11H2,1-3H3,(H2,15,16,17);1H. The van der Waals surface area contributed by atoms with Gasteiger partial charge in [0.15, 0.2) is 5.96 Å². The Morgan fingerprint density at radius 2 is 1.74 bits per heavy atom. The van der Waals surface area contributed by atoms with Crippen molar-refractivity contribution in [2.45, 2.75) is 26.9 Å². The lowest BCUT2D eigenvalue weighted by Gasteiger charge is -2.14. The third kappa shape index (κ3) is 7.92. The molecule has 0 saturated carbocycles. The van der Waals surface area contributed by atoms with E-state index < -0.39 is 0 Å². The number of hydrogen-bond donors (Lipinski definition) is 2. The Hall–Kier alpha value is -0.980. The normalized spacial score (nSPS) is 10.9. The number of hydrogen-bond acceptors (Lipinski definition) is 2. The first kappa shape index (κ1) is 18.0. The number of nitrogens with one attached hydrogen (secondary N) is 2. The molecule has 19 heavy (non-hydrogen) atoms. The van der Waals surface area contributed by atoms with Gasteiger partial charge in [0.1, 0.15) is 11.9 Å². The van der Waals surface area contributed by atoms with Gasteiger partial charge in [0.2, 0.25) is 0 Å². The first-order valence-corrected chi connectivity index (χ1v) is 6.50. The quantitative estimate of drug-likeness (QED) is 0.455. The minimum atomic E-state index is 0. The predicted molar refractivity (Wildman–Crippen MR) is 91.6 cm³/mol. The van der Waals surface area contributed by atoms with Gasteiger partial charge in [-0.15, -0.1) is 24.0 Å². The topological polar surface area (TPSA) is 45.7 Å². The van der Waals surface area contributed by atoms with Crippen LogP contribution in [0.25, 0.3) is 0 Å². The highest BCUT2D eigenvalue weighted by molar-refractivity contribution is 14.0. The number of rotatable bonds is 6. The first-order valence-electron chi connectivity index (χ1n) is 6.50. The number of aliphatic imine (C=N–C) groups is 1. The summed E-state index contributed by atoms with van der Waals surface area (Å²) in [6.45, 7) is 8.48. The molecule has 0 heterocycles. The van der Waals surface area contributed by atoms with E-state index in [9.17, 15) is 0 Å². The molecule has 2 N–H and O–H groups in total. The minimum Gasteiger partial charge on any atom is -0.489 e. The second-order valence-corrected chi connectivity index (χ2v) is 3.99. The third-order valence-electron chi connectivity index (χ3n) is 2.28. The van der Waals surface area contributed by atoms with Crippen LogP contribution in [0, 0.1) is 0 Å². The molecule has 0 spiro atoms. The van der Waals surface area contributed by atoms with Crippen LogP contribution < -0.4 is 15.4 Å². The number of nitrogens with zero attached hydrogens (tertiary/aromatic N) is 1. The molecule has 0 aliphatic heterocycles. The van der Waals surface area contributed by atoms with Crippen LogP contribution in [0.1, 0.15) is 20.8 Å². The van der Waals surface area contributed by atoms with Crippen LogP contribution in [-0.4, -0.2) is 31.7 Å². The molecular weight excluding hydrogens is 353 g/mol. The molecule has 1 rings (SSSR count). The highest BCUT2D eigenvalue weighted by Crippen LogP contribution is 2.10. The Bertz CT molecular complexity index is 349. The lowest BCUT2D eigenvalue weighted by molar-refractivity contribution is 0.230. The zero-order valence-corrected chi connectivity index (χ0v) is 14.2. The smallest absolute Gasteiger partial charge is 0.191 e. The molecule has 0 aromatic heterocycles. The van der Waals surface area contributed by atoms with Crippen molar-refractivity contribution in [1.29, 1.82) is 0 Å². The van der Waals surface area contributed by atoms with E-state index in [-0.39, 0.29) is 30.1 Å². The monoisotopic (exact) mass is 377 g/mol. The van der Waals surface area contributed by atoms with Gasteiger partial charge in [-0.05, 0) is 32.9 Å². The summed E-state index contributed by atoms with van der Waals surface area (Å²) >= 11 is 0. The van der Waals surface area contributed by atoms with Crippen LogP contribution in [0.15, 0.2) is 35.3 Å². The molecule has 5 heteroatoms. The van der Waals surface area contributed by atoms with Crippen LogP contribution >= 0.6 is 24.0 Å². The maximum Gasteiger partial charge on any atom is 0.191 e. The van der Waals surface area contributed by atoms with Gasteiger partial charge in [-0.1, -0.05) is 18.2 Å². The zero-order valence-electron chi connectivity index (χ0n) is 11.8. The van der Waals surface area contributed by atoms with Crippen molar-refractivity contribution < 1.29 is 4.74 Å². The molecule has 4 nitrogen and oxygen atoms in total. The van der Waals surface area contributed by atoms with Gasteiger partial charge in [0.25, 0.3) is 0 Å². The van der Waals surface area contributed by atoms with E-state index in [1.165, 1.54) is 0 Å². The van der Waals surface area contributed by atoms with Gasteiger partial charge >= 0.3 is 0 Å². The highest BCUT2D eigenvalue weighted by atomic mass is 127. The molecule has 1 aromatic rings. The molecule has 0 bridgehead atoms. The van der Waals surface area contributed by atoms with Crippen molar-refractivity contribution >= 4 is 29.9 Å². The number of guanidine groups is 1. The summed E-state index contributed by atoms with van der Waals surface area (Å²) in [4.78, 5) is 4.47. The number of halogens is 1. The van der Waals surface area contributed by atoms with E-state index in [4.69, 9.17) is 4.74 Å². The summed E-state index contributed by atoms with van der Waals surface area (Å²) in [5, 5.41) is 6.37. The Balaban J connectivity index is 0.00000324. The average Bonchev–Trinajstić information content (AvgIpc) is 2.38. The molecule has 108 valence electrons. The van der Waals surface area contributed by atoms with Crippen LogP contribution in [0.3, 0.4) is 0 Å². The molecule has 0 radical (unpaired) electrons. The molecule has 1 atom stereocenters. The number of benzene rings is 1. The Morgan fingerprint density at radius 1 is 1.16 bits per heavy atom. The van der Waals surface area contributed by atoms with Crippen LogP contribution in [-0.2, 0) is 0 Å². The Morgan fingerprint density at radius 3 is 2.26 bits per heavy atom. The fraction of sp³-hybridized carbons (Fsp3) is 0.500. The molecule has 0 fully saturated rings. The van der Waals surface area contributed by atoms with Gasteiger partial charge in [0.05, 0.1) is 6.54 Å². The van der Waals surface area contributed by atoms with E-state index in [2.05, 4.69) is 29.5 Å². The molecule has 1 aromatic carbocycles. The summed E-state index contributed by atoms with van der Waals surface area (Å²) in [7, 11) is 0. The minimum absolute atomic E-state index is 0. The van der Waals surface area contributed by atoms with Gasteiger partial charge in [-0.2, -0.15) is 0 Å². The maximum absolute atomic E-state index is 5.76.